The second-order valence-electron chi connectivity index (χ2n) is 4.27. The second kappa shape index (κ2) is 4.10. The van der Waals surface area contributed by atoms with Gasteiger partial charge >= 0.3 is 0 Å². The van der Waals surface area contributed by atoms with Crippen LogP contribution in [-0.2, 0) is 6.54 Å². The molecule has 0 fully saturated rings. The zero-order chi connectivity index (χ0) is 12.7. The first-order valence-corrected chi connectivity index (χ1v) is 6.52. The van der Waals surface area contributed by atoms with Gasteiger partial charge in [0.1, 0.15) is 5.82 Å². The van der Waals surface area contributed by atoms with Gasteiger partial charge in [0.25, 0.3) is 0 Å². The molecule has 18 heavy (non-hydrogen) atoms. The molecule has 0 radical (unpaired) electrons. The number of aryl methyl sites for hydroxylation is 1. The lowest BCUT2D eigenvalue weighted by molar-refractivity contribution is 0.629. The van der Waals surface area contributed by atoms with Crippen LogP contribution in [0.4, 0.5) is 10.3 Å². The molecule has 0 bridgehead atoms. The molecule has 2 heterocycles. The number of hydrogen-bond donors (Lipinski definition) is 1. The van der Waals surface area contributed by atoms with Crippen molar-refractivity contribution in [2.24, 2.45) is 0 Å². The molecule has 0 aliphatic heterocycles. The first kappa shape index (κ1) is 11.2. The molecule has 3 aromatic rings. The van der Waals surface area contributed by atoms with E-state index in [1.54, 1.807) is 17.4 Å². The summed E-state index contributed by atoms with van der Waals surface area (Å²) in [5, 5.41) is 4.20. The molecule has 5 heteroatoms. The number of aromatic nitrogens is 2. The maximum atomic E-state index is 13.1. The molecule has 0 unspecified atom stereocenters. The number of hydrogen-bond acceptors (Lipinski definition) is 3. The van der Waals surface area contributed by atoms with Gasteiger partial charge in [-0.25, -0.2) is 9.37 Å². The van der Waals surface area contributed by atoms with Crippen molar-refractivity contribution in [3.8, 4) is 0 Å². The SMILES string of the molecule is Cc1cscc1Cn1c(N)nc2cc(F)ccc21. The van der Waals surface area contributed by atoms with Crippen molar-refractivity contribution in [2.45, 2.75) is 13.5 Å². The van der Waals surface area contributed by atoms with E-state index in [-0.39, 0.29) is 5.82 Å². The van der Waals surface area contributed by atoms with Crippen molar-refractivity contribution < 1.29 is 4.39 Å². The third-order valence-electron chi connectivity index (χ3n) is 3.03. The molecule has 0 spiro atoms. The fraction of sp³-hybridized carbons (Fsp3) is 0.154. The third kappa shape index (κ3) is 1.76. The van der Waals surface area contributed by atoms with Gasteiger partial charge in [-0.15, -0.1) is 0 Å². The quantitative estimate of drug-likeness (QED) is 0.770. The second-order valence-corrected chi connectivity index (χ2v) is 5.01. The highest BCUT2D eigenvalue weighted by molar-refractivity contribution is 7.08. The number of benzene rings is 1. The molecule has 0 saturated carbocycles. The van der Waals surface area contributed by atoms with Gasteiger partial charge < -0.3 is 10.3 Å². The van der Waals surface area contributed by atoms with E-state index in [2.05, 4.69) is 22.7 Å². The first-order valence-electron chi connectivity index (χ1n) is 5.58. The standard InChI is InChI=1S/C13H12FN3S/c1-8-6-18-7-9(8)5-17-12-3-2-10(14)4-11(12)16-13(17)15/h2-4,6-7H,5H2,1H3,(H2,15,16). The van der Waals surface area contributed by atoms with Gasteiger partial charge in [-0.2, -0.15) is 11.3 Å². The topological polar surface area (TPSA) is 43.8 Å². The van der Waals surface area contributed by atoms with Gasteiger partial charge in [-0.05, 0) is 40.9 Å². The highest BCUT2D eigenvalue weighted by atomic mass is 32.1. The largest absolute Gasteiger partial charge is 0.369 e. The predicted molar refractivity (Wildman–Crippen MR) is 72.3 cm³/mol. The van der Waals surface area contributed by atoms with Crippen molar-refractivity contribution >= 4 is 28.3 Å². The molecular weight excluding hydrogens is 249 g/mol. The molecule has 0 atom stereocenters. The molecule has 2 aromatic heterocycles. The summed E-state index contributed by atoms with van der Waals surface area (Å²) in [5.41, 5.74) is 9.82. The molecule has 0 aliphatic carbocycles. The summed E-state index contributed by atoms with van der Waals surface area (Å²) in [6.07, 6.45) is 0. The zero-order valence-corrected chi connectivity index (χ0v) is 10.7. The van der Waals surface area contributed by atoms with Crippen LogP contribution in [0.25, 0.3) is 11.0 Å². The number of imidazole rings is 1. The molecule has 3 nitrogen and oxygen atoms in total. The monoisotopic (exact) mass is 261 g/mol. The molecule has 1 aromatic carbocycles. The van der Waals surface area contributed by atoms with Gasteiger partial charge in [0.15, 0.2) is 0 Å². The summed E-state index contributed by atoms with van der Waals surface area (Å²) in [6, 6.07) is 4.55. The van der Waals surface area contributed by atoms with Gasteiger partial charge in [0.05, 0.1) is 17.6 Å². The Kier molecular flexibility index (Phi) is 2.56. The summed E-state index contributed by atoms with van der Waals surface area (Å²) < 4.78 is 15.0. The molecule has 92 valence electrons. The first-order chi connectivity index (χ1) is 8.65. The van der Waals surface area contributed by atoms with Crippen LogP contribution < -0.4 is 5.73 Å². The molecule has 0 saturated heterocycles. The fourth-order valence-corrected chi connectivity index (χ4v) is 2.86. The number of nitrogens with zero attached hydrogens (tertiary/aromatic N) is 2. The zero-order valence-electron chi connectivity index (χ0n) is 9.85. The normalized spacial score (nSPS) is 11.2. The lowest BCUT2D eigenvalue weighted by Gasteiger charge is -2.06. The Morgan fingerprint density at radius 1 is 1.39 bits per heavy atom. The Hall–Kier alpha value is -1.88. The summed E-state index contributed by atoms with van der Waals surface area (Å²) in [7, 11) is 0. The maximum absolute atomic E-state index is 13.1. The van der Waals surface area contributed by atoms with Gasteiger partial charge in [0.2, 0.25) is 5.95 Å². The molecule has 0 amide bonds. The van der Waals surface area contributed by atoms with Gasteiger partial charge in [0, 0.05) is 6.07 Å². The van der Waals surface area contributed by atoms with E-state index in [0.29, 0.717) is 18.0 Å². The van der Waals surface area contributed by atoms with Crippen molar-refractivity contribution in [3.63, 3.8) is 0 Å². The highest BCUT2D eigenvalue weighted by Gasteiger charge is 2.10. The Labute approximate surface area is 108 Å². The van der Waals surface area contributed by atoms with Crippen LogP contribution >= 0.6 is 11.3 Å². The summed E-state index contributed by atoms with van der Waals surface area (Å²) in [4.78, 5) is 4.19. The van der Waals surface area contributed by atoms with Crippen LogP contribution in [0.15, 0.2) is 29.0 Å². The number of nitrogen functional groups attached to an aromatic ring is 1. The van der Waals surface area contributed by atoms with E-state index in [1.807, 2.05) is 4.57 Å². The third-order valence-corrected chi connectivity index (χ3v) is 3.94. The van der Waals surface area contributed by atoms with Crippen LogP contribution in [0.3, 0.4) is 0 Å². The highest BCUT2D eigenvalue weighted by Crippen LogP contribution is 2.22. The van der Waals surface area contributed by atoms with Crippen molar-refractivity contribution in [3.05, 3.63) is 45.9 Å². The van der Waals surface area contributed by atoms with E-state index >= 15 is 0 Å². The fourth-order valence-electron chi connectivity index (χ4n) is 2.01. The van der Waals surface area contributed by atoms with E-state index < -0.39 is 0 Å². The summed E-state index contributed by atoms with van der Waals surface area (Å²) >= 11 is 1.67. The minimum absolute atomic E-state index is 0.293. The Bertz CT molecular complexity index is 714. The molecule has 2 N–H and O–H groups in total. The Morgan fingerprint density at radius 3 is 2.94 bits per heavy atom. The lowest BCUT2D eigenvalue weighted by atomic mass is 10.2. The van der Waals surface area contributed by atoms with E-state index in [0.717, 1.165) is 5.52 Å². The maximum Gasteiger partial charge on any atom is 0.201 e. The smallest absolute Gasteiger partial charge is 0.201 e. The number of thiophene rings is 1. The van der Waals surface area contributed by atoms with Crippen molar-refractivity contribution in [1.82, 2.24) is 9.55 Å². The van der Waals surface area contributed by atoms with Crippen molar-refractivity contribution in [2.75, 3.05) is 5.73 Å². The lowest BCUT2D eigenvalue weighted by Crippen LogP contribution is -2.04. The minimum atomic E-state index is -0.293. The average Bonchev–Trinajstić information content (AvgIpc) is 2.85. The van der Waals surface area contributed by atoms with Gasteiger partial charge in [-0.1, -0.05) is 0 Å². The van der Waals surface area contributed by atoms with Crippen LogP contribution in [0, 0.1) is 12.7 Å². The van der Waals surface area contributed by atoms with E-state index in [9.17, 15) is 4.39 Å². The van der Waals surface area contributed by atoms with Crippen molar-refractivity contribution in [1.29, 1.82) is 0 Å². The number of fused-ring (bicyclic) bond motifs is 1. The number of halogens is 1. The van der Waals surface area contributed by atoms with Crippen LogP contribution in [0.1, 0.15) is 11.1 Å². The minimum Gasteiger partial charge on any atom is -0.369 e. The summed E-state index contributed by atoms with van der Waals surface area (Å²) in [5.74, 6) is 0.125. The Balaban J connectivity index is 2.11. The van der Waals surface area contributed by atoms with Crippen LogP contribution in [0.5, 0.6) is 0 Å². The molecule has 0 aliphatic rings. The average molecular weight is 261 g/mol. The van der Waals surface area contributed by atoms with E-state index in [4.69, 9.17) is 5.73 Å². The summed E-state index contributed by atoms with van der Waals surface area (Å²) in [6.45, 7) is 2.74. The molecular formula is C13H12FN3S. The predicted octanol–water partition coefficient (Wildman–Crippen LogP) is 3.18. The van der Waals surface area contributed by atoms with Gasteiger partial charge in [-0.3, -0.25) is 0 Å². The molecule has 3 rings (SSSR count). The van der Waals surface area contributed by atoms with E-state index in [1.165, 1.54) is 23.3 Å². The number of nitrogens with two attached hydrogens (primary N) is 1. The van der Waals surface area contributed by atoms with Crippen LogP contribution in [0.2, 0.25) is 0 Å². The number of rotatable bonds is 2. The van der Waals surface area contributed by atoms with Crippen LogP contribution in [-0.4, -0.2) is 9.55 Å². The number of anilines is 1. The Morgan fingerprint density at radius 2 is 2.22 bits per heavy atom.